The Bertz CT molecular complexity index is 430. The van der Waals surface area contributed by atoms with Crippen molar-refractivity contribution < 1.29 is 9.53 Å². The highest BCUT2D eigenvalue weighted by molar-refractivity contribution is 5.81. The quantitative estimate of drug-likeness (QED) is 0.719. The third-order valence-corrected chi connectivity index (χ3v) is 3.58. The molecule has 4 heteroatoms. The first-order valence-corrected chi connectivity index (χ1v) is 7.10. The summed E-state index contributed by atoms with van der Waals surface area (Å²) in [6, 6.07) is 8.00. The summed E-state index contributed by atoms with van der Waals surface area (Å²) in [5.74, 6) is 0.0895. The van der Waals surface area contributed by atoms with E-state index in [9.17, 15) is 4.79 Å². The molecule has 0 aliphatic rings. The van der Waals surface area contributed by atoms with Crippen molar-refractivity contribution in [3.8, 4) is 0 Å². The zero-order valence-electron chi connectivity index (χ0n) is 13.0. The van der Waals surface area contributed by atoms with E-state index in [1.54, 1.807) is 7.11 Å². The highest BCUT2D eigenvalue weighted by atomic mass is 16.5. The zero-order valence-corrected chi connectivity index (χ0v) is 13.0. The number of hydrogen-bond donors (Lipinski definition) is 2. The highest BCUT2D eigenvalue weighted by Crippen LogP contribution is 2.20. The van der Waals surface area contributed by atoms with Crippen LogP contribution < -0.4 is 10.6 Å². The maximum atomic E-state index is 12.1. The maximum Gasteiger partial charge on any atom is 0.225 e. The molecule has 0 bridgehead atoms. The number of amides is 1. The molecule has 0 saturated heterocycles. The van der Waals surface area contributed by atoms with Crippen molar-refractivity contribution in [1.29, 1.82) is 0 Å². The van der Waals surface area contributed by atoms with Gasteiger partial charge in [-0.25, -0.2) is 0 Å². The number of benzene rings is 1. The lowest BCUT2D eigenvalue weighted by Gasteiger charge is -2.22. The molecule has 1 aromatic rings. The number of rotatable bonds is 8. The van der Waals surface area contributed by atoms with Gasteiger partial charge in [-0.15, -0.1) is 0 Å². The third-order valence-electron chi connectivity index (χ3n) is 3.58. The molecule has 0 fully saturated rings. The molecule has 0 aliphatic carbocycles. The van der Waals surface area contributed by atoms with Crippen molar-refractivity contribution >= 4 is 11.6 Å². The van der Waals surface area contributed by atoms with Gasteiger partial charge >= 0.3 is 0 Å². The molecule has 4 nitrogen and oxygen atoms in total. The van der Waals surface area contributed by atoms with Crippen molar-refractivity contribution in [2.45, 2.75) is 33.7 Å². The minimum absolute atomic E-state index is 0.0895. The minimum atomic E-state index is -0.321. The van der Waals surface area contributed by atoms with Gasteiger partial charge in [0.15, 0.2) is 0 Å². The molecule has 0 radical (unpaired) electrons. The summed E-state index contributed by atoms with van der Waals surface area (Å²) in [4.78, 5) is 12.1. The van der Waals surface area contributed by atoms with Crippen LogP contribution in [-0.4, -0.2) is 26.2 Å². The van der Waals surface area contributed by atoms with Gasteiger partial charge in [-0.05, 0) is 18.1 Å². The van der Waals surface area contributed by atoms with Crippen LogP contribution in [0.25, 0.3) is 0 Å². The van der Waals surface area contributed by atoms with E-state index in [0.29, 0.717) is 13.2 Å². The Morgan fingerprint density at radius 1 is 1.30 bits per heavy atom. The summed E-state index contributed by atoms with van der Waals surface area (Å²) >= 11 is 0. The summed E-state index contributed by atoms with van der Waals surface area (Å²) < 4.78 is 5.03. The Balaban J connectivity index is 2.61. The van der Waals surface area contributed by atoms with Crippen LogP contribution in [-0.2, 0) is 16.1 Å². The number of methoxy groups -OCH3 is 1. The van der Waals surface area contributed by atoms with Crippen LogP contribution >= 0.6 is 0 Å². The number of carbonyl (C=O) groups is 1. The lowest BCUT2D eigenvalue weighted by atomic mass is 9.89. The van der Waals surface area contributed by atoms with Crippen LogP contribution in [0.5, 0.6) is 0 Å². The minimum Gasteiger partial charge on any atom is -0.383 e. The second-order valence-corrected chi connectivity index (χ2v) is 5.50. The molecule has 2 N–H and O–H groups in total. The van der Waals surface area contributed by atoms with Crippen LogP contribution in [0.1, 0.15) is 32.8 Å². The van der Waals surface area contributed by atoms with Crippen molar-refractivity contribution in [3.63, 3.8) is 0 Å². The number of ether oxygens (including phenoxy) is 1. The summed E-state index contributed by atoms with van der Waals surface area (Å²) in [7, 11) is 1.68. The predicted molar refractivity (Wildman–Crippen MR) is 82.7 cm³/mol. The summed E-state index contributed by atoms with van der Waals surface area (Å²) in [5.41, 5.74) is 1.81. The fourth-order valence-electron chi connectivity index (χ4n) is 1.71. The number of para-hydroxylation sites is 1. The van der Waals surface area contributed by atoms with Gasteiger partial charge in [0.25, 0.3) is 0 Å². The van der Waals surface area contributed by atoms with Gasteiger partial charge in [-0.2, -0.15) is 0 Å². The largest absolute Gasteiger partial charge is 0.383 e. The Kier molecular flexibility index (Phi) is 6.52. The second-order valence-electron chi connectivity index (χ2n) is 5.50. The van der Waals surface area contributed by atoms with E-state index in [0.717, 1.165) is 24.2 Å². The molecule has 0 saturated carbocycles. The summed E-state index contributed by atoms with van der Waals surface area (Å²) in [5, 5.41) is 6.33. The highest BCUT2D eigenvalue weighted by Gasteiger charge is 2.24. The van der Waals surface area contributed by atoms with Gasteiger partial charge in [0.1, 0.15) is 0 Å². The molecule has 0 heterocycles. The number of carbonyl (C=O) groups excluding carboxylic acids is 1. The molecule has 112 valence electrons. The van der Waals surface area contributed by atoms with Gasteiger partial charge < -0.3 is 15.4 Å². The van der Waals surface area contributed by atoms with Gasteiger partial charge in [0.05, 0.1) is 6.61 Å². The Labute approximate surface area is 121 Å². The molecule has 0 aliphatic heterocycles. The molecule has 0 atom stereocenters. The van der Waals surface area contributed by atoms with Crippen LogP contribution in [0.15, 0.2) is 24.3 Å². The normalized spacial score (nSPS) is 11.2. The molecule has 1 aromatic carbocycles. The number of anilines is 1. The van der Waals surface area contributed by atoms with Crippen LogP contribution in [0.2, 0.25) is 0 Å². The molecule has 0 unspecified atom stereocenters. The molecule has 0 aromatic heterocycles. The first-order valence-electron chi connectivity index (χ1n) is 7.10. The number of hydrogen-bond acceptors (Lipinski definition) is 3. The summed E-state index contributed by atoms with van der Waals surface area (Å²) in [6.45, 7) is 7.90. The molecule has 20 heavy (non-hydrogen) atoms. The van der Waals surface area contributed by atoms with Gasteiger partial charge in [0.2, 0.25) is 5.91 Å². The molecule has 0 spiro atoms. The van der Waals surface area contributed by atoms with Crippen LogP contribution in [0.4, 0.5) is 5.69 Å². The molecular weight excluding hydrogens is 252 g/mol. The van der Waals surface area contributed by atoms with Crippen LogP contribution in [0.3, 0.4) is 0 Å². The van der Waals surface area contributed by atoms with E-state index in [1.807, 2.05) is 45.0 Å². The Morgan fingerprint density at radius 2 is 2.00 bits per heavy atom. The van der Waals surface area contributed by atoms with Crippen molar-refractivity contribution in [3.05, 3.63) is 29.8 Å². The van der Waals surface area contributed by atoms with Gasteiger partial charge in [-0.3, -0.25) is 4.79 Å². The molecular formula is C16H26N2O2. The van der Waals surface area contributed by atoms with E-state index in [-0.39, 0.29) is 11.3 Å². The molecule has 1 amide bonds. The SMILES string of the molecule is CCC(C)(C)C(=O)NCc1ccccc1NCCOC. The molecule has 1 rings (SSSR count). The lowest BCUT2D eigenvalue weighted by molar-refractivity contribution is -0.129. The topological polar surface area (TPSA) is 50.4 Å². The van der Waals surface area contributed by atoms with Crippen LogP contribution in [0, 0.1) is 5.41 Å². The van der Waals surface area contributed by atoms with Gasteiger partial charge in [0, 0.05) is 31.3 Å². The van der Waals surface area contributed by atoms with E-state index in [2.05, 4.69) is 10.6 Å². The standard InChI is InChI=1S/C16H26N2O2/c1-5-16(2,3)15(19)18-12-13-8-6-7-9-14(13)17-10-11-20-4/h6-9,17H,5,10-12H2,1-4H3,(H,18,19). The van der Waals surface area contributed by atoms with E-state index in [1.165, 1.54) is 0 Å². The lowest BCUT2D eigenvalue weighted by Crippen LogP contribution is -2.36. The van der Waals surface area contributed by atoms with Crippen molar-refractivity contribution in [1.82, 2.24) is 5.32 Å². The average Bonchev–Trinajstić information content (AvgIpc) is 2.46. The predicted octanol–water partition coefficient (Wildman–Crippen LogP) is 2.80. The fourth-order valence-corrected chi connectivity index (χ4v) is 1.71. The smallest absolute Gasteiger partial charge is 0.225 e. The third kappa shape index (κ3) is 4.85. The Morgan fingerprint density at radius 3 is 2.65 bits per heavy atom. The first-order chi connectivity index (χ1) is 9.51. The monoisotopic (exact) mass is 278 g/mol. The second kappa shape index (κ2) is 7.90. The first kappa shape index (κ1) is 16.5. The maximum absolute atomic E-state index is 12.1. The Hall–Kier alpha value is -1.55. The fraction of sp³-hybridized carbons (Fsp3) is 0.562. The van der Waals surface area contributed by atoms with Gasteiger partial charge in [-0.1, -0.05) is 39.0 Å². The van der Waals surface area contributed by atoms with E-state index < -0.39 is 0 Å². The number of nitrogens with one attached hydrogen (secondary N) is 2. The van der Waals surface area contributed by atoms with Crippen molar-refractivity contribution in [2.24, 2.45) is 5.41 Å². The van der Waals surface area contributed by atoms with E-state index in [4.69, 9.17) is 4.74 Å². The summed E-state index contributed by atoms with van der Waals surface area (Å²) in [6.07, 6.45) is 0.826. The zero-order chi connectivity index (χ0) is 15.0. The van der Waals surface area contributed by atoms with E-state index >= 15 is 0 Å². The van der Waals surface area contributed by atoms with Crippen molar-refractivity contribution in [2.75, 3.05) is 25.6 Å². The average molecular weight is 278 g/mol.